The maximum atomic E-state index is 13.9. The fraction of sp³-hybridized carbons (Fsp3) is 0.323. The minimum absolute atomic E-state index is 0.0835. The second-order valence-electron chi connectivity index (χ2n) is 10.1. The molecule has 3 aromatic heterocycles. The molecule has 1 atom stereocenters. The van der Waals surface area contributed by atoms with E-state index in [1.807, 2.05) is 48.5 Å². The summed E-state index contributed by atoms with van der Waals surface area (Å²) in [7, 11) is 1.00. The summed E-state index contributed by atoms with van der Waals surface area (Å²) in [5.74, 6) is 1.32. The fourth-order valence-electron chi connectivity index (χ4n) is 5.35. The minimum atomic E-state index is -0.117. The number of morpholine rings is 1. The molecule has 0 bridgehead atoms. The van der Waals surface area contributed by atoms with E-state index in [0.717, 1.165) is 49.1 Å². The molecule has 2 saturated heterocycles. The van der Waals surface area contributed by atoms with Crippen LogP contribution in [0, 0.1) is 5.92 Å². The van der Waals surface area contributed by atoms with Gasteiger partial charge in [0, 0.05) is 57.0 Å². The Balaban J connectivity index is 0.00000173. The maximum Gasteiger partial charge on any atom is 0.260 e. The number of carbonyl (C=O) groups excluding carboxylic acids is 1. The van der Waals surface area contributed by atoms with Gasteiger partial charge >= 0.3 is 0 Å². The number of fused-ring (bicyclic) bond motifs is 1. The number of carbonyl (C=O) groups is 1. The number of anilines is 3. The Kier molecular flexibility index (Phi) is 9.20. The molecule has 0 spiro atoms. The third kappa shape index (κ3) is 6.32. The van der Waals surface area contributed by atoms with Crippen molar-refractivity contribution in [3.05, 3.63) is 83.9 Å². The number of aliphatic hydroxyl groups excluding tert-OH is 1. The normalized spacial score (nSPS) is 16.6. The van der Waals surface area contributed by atoms with E-state index in [0.29, 0.717) is 50.0 Å². The van der Waals surface area contributed by atoms with Gasteiger partial charge in [-0.1, -0.05) is 36.9 Å². The molecule has 11 heteroatoms. The van der Waals surface area contributed by atoms with Crippen molar-refractivity contribution in [1.82, 2.24) is 24.4 Å². The highest BCUT2D eigenvalue weighted by molar-refractivity contribution is 5.87. The van der Waals surface area contributed by atoms with Crippen molar-refractivity contribution in [2.24, 2.45) is 5.92 Å². The molecule has 4 aromatic rings. The number of rotatable bonds is 7. The largest absolute Gasteiger partial charge is 0.400 e. The van der Waals surface area contributed by atoms with Crippen molar-refractivity contribution in [1.29, 1.82) is 0 Å². The van der Waals surface area contributed by atoms with Crippen molar-refractivity contribution in [3.8, 4) is 11.1 Å². The van der Waals surface area contributed by atoms with Crippen LogP contribution >= 0.6 is 0 Å². The number of amides is 1. The fourth-order valence-corrected chi connectivity index (χ4v) is 5.35. The second kappa shape index (κ2) is 13.4. The van der Waals surface area contributed by atoms with Crippen molar-refractivity contribution < 1.29 is 14.6 Å². The summed E-state index contributed by atoms with van der Waals surface area (Å²) >= 11 is 0. The van der Waals surface area contributed by atoms with Crippen LogP contribution < -0.4 is 15.8 Å². The Hall–Kier alpha value is -4.61. The predicted molar refractivity (Wildman–Crippen MR) is 163 cm³/mol. The molecule has 2 aliphatic rings. The van der Waals surface area contributed by atoms with E-state index in [-0.39, 0.29) is 17.4 Å². The highest BCUT2D eigenvalue weighted by Crippen LogP contribution is 2.25. The number of nitrogens with one attached hydrogen (secondary N) is 1. The smallest absolute Gasteiger partial charge is 0.260 e. The zero-order chi connectivity index (χ0) is 29.5. The Labute approximate surface area is 244 Å². The quantitative estimate of drug-likeness (QED) is 0.323. The topological polar surface area (TPSA) is 126 Å². The standard InChI is InChI=1S/C30H31N7O3.CH4O/c1-2-27(38)36-11-10-21(19-36)20-37-28-23(16-25(29(37)39)22-6-4-3-5-7-22)17-32-30(34-28)33-24-8-9-26(31-18-24)35-12-14-40-15-13-35;1-2/h2-9,16-18,21H,1,10-15,19-20H2,(H,32,33,34);2H,1H3. The number of likely N-dealkylation sites (tertiary alicyclic amines) is 1. The summed E-state index contributed by atoms with van der Waals surface area (Å²) in [4.78, 5) is 43.9. The Morgan fingerprint density at radius 2 is 1.88 bits per heavy atom. The summed E-state index contributed by atoms with van der Waals surface area (Å²) in [6.45, 7) is 8.30. The highest BCUT2D eigenvalue weighted by Gasteiger charge is 2.26. The lowest BCUT2D eigenvalue weighted by Crippen LogP contribution is -2.36. The molecule has 1 aromatic carbocycles. The zero-order valence-electron chi connectivity index (χ0n) is 23.6. The van der Waals surface area contributed by atoms with Crippen LogP contribution in [0.2, 0.25) is 0 Å². The number of pyridine rings is 2. The average molecular weight is 570 g/mol. The molecule has 1 amide bonds. The first-order valence-electron chi connectivity index (χ1n) is 14.0. The van der Waals surface area contributed by atoms with Crippen molar-refractivity contribution in [2.45, 2.75) is 13.0 Å². The summed E-state index contributed by atoms with van der Waals surface area (Å²) in [5, 5.41) is 11.0. The molecule has 2 aliphatic heterocycles. The van der Waals surface area contributed by atoms with Crippen LogP contribution in [0.4, 0.5) is 17.5 Å². The third-order valence-electron chi connectivity index (χ3n) is 7.46. The molecule has 1 unspecified atom stereocenters. The molecule has 0 saturated carbocycles. The molecule has 11 nitrogen and oxygen atoms in total. The van der Waals surface area contributed by atoms with Gasteiger partial charge in [0.05, 0.1) is 25.1 Å². The van der Waals surface area contributed by atoms with Crippen LogP contribution in [0.3, 0.4) is 0 Å². The van der Waals surface area contributed by atoms with Gasteiger partial charge in [-0.25, -0.2) is 9.97 Å². The van der Waals surface area contributed by atoms with Crippen LogP contribution in [0.15, 0.2) is 78.4 Å². The van der Waals surface area contributed by atoms with Gasteiger partial charge < -0.3 is 25.0 Å². The number of nitrogens with zero attached hydrogens (tertiary/aromatic N) is 6. The number of aromatic nitrogens is 4. The predicted octanol–water partition coefficient (Wildman–Crippen LogP) is 3.08. The van der Waals surface area contributed by atoms with Crippen molar-refractivity contribution in [3.63, 3.8) is 0 Å². The summed E-state index contributed by atoms with van der Waals surface area (Å²) in [6, 6.07) is 15.4. The van der Waals surface area contributed by atoms with E-state index < -0.39 is 0 Å². The highest BCUT2D eigenvalue weighted by atomic mass is 16.5. The van der Waals surface area contributed by atoms with Crippen LogP contribution in [0.25, 0.3) is 22.2 Å². The van der Waals surface area contributed by atoms with Gasteiger partial charge in [0.25, 0.3) is 5.56 Å². The van der Waals surface area contributed by atoms with E-state index in [1.165, 1.54) is 6.08 Å². The molecular formula is C31H35N7O4. The van der Waals surface area contributed by atoms with Gasteiger partial charge in [-0.15, -0.1) is 0 Å². The summed E-state index contributed by atoms with van der Waals surface area (Å²) in [5.41, 5.74) is 2.62. The van der Waals surface area contributed by atoms with E-state index in [4.69, 9.17) is 14.8 Å². The minimum Gasteiger partial charge on any atom is -0.400 e. The molecule has 5 heterocycles. The number of aliphatic hydroxyl groups is 1. The lowest BCUT2D eigenvalue weighted by molar-refractivity contribution is -0.125. The van der Waals surface area contributed by atoms with Gasteiger partial charge in [0.2, 0.25) is 11.9 Å². The summed E-state index contributed by atoms with van der Waals surface area (Å²) < 4.78 is 7.16. The molecule has 42 heavy (non-hydrogen) atoms. The first-order chi connectivity index (χ1) is 20.6. The Morgan fingerprint density at radius 3 is 2.60 bits per heavy atom. The Bertz CT molecular complexity index is 1590. The van der Waals surface area contributed by atoms with Gasteiger partial charge in [-0.2, -0.15) is 4.98 Å². The second-order valence-corrected chi connectivity index (χ2v) is 10.1. The van der Waals surface area contributed by atoms with Gasteiger partial charge in [0.1, 0.15) is 11.5 Å². The van der Waals surface area contributed by atoms with Crippen LogP contribution in [-0.4, -0.2) is 81.9 Å². The van der Waals surface area contributed by atoms with E-state index in [2.05, 4.69) is 26.8 Å². The van der Waals surface area contributed by atoms with Crippen molar-refractivity contribution in [2.75, 3.05) is 56.7 Å². The average Bonchev–Trinajstić information content (AvgIpc) is 3.53. The maximum absolute atomic E-state index is 13.9. The lowest BCUT2D eigenvalue weighted by atomic mass is 10.0. The van der Waals surface area contributed by atoms with E-state index in [1.54, 1.807) is 21.9 Å². The number of hydrogen-bond donors (Lipinski definition) is 2. The van der Waals surface area contributed by atoms with Crippen molar-refractivity contribution >= 4 is 34.4 Å². The molecule has 0 radical (unpaired) electrons. The van der Waals surface area contributed by atoms with E-state index in [9.17, 15) is 9.59 Å². The molecule has 2 N–H and O–H groups in total. The molecule has 2 fully saturated rings. The van der Waals surface area contributed by atoms with Crippen LogP contribution in [0.5, 0.6) is 0 Å². The number of ether oxygens (including phenoxy) is 1. The lowest BCUT2D eigenvalue weighted by Gasteiger charge is -2.27. The molecule has 0 aliphatic carbocycles. The monoisotopic (exact) mass is 569 g/mol. The van der Waals surface area contributed by atoms with E-state index >= 15 is 0 Å². The summed E-state index contributed by atoms with van der Waals surface area (Å²) in [6.07, 6.45) is 5.65. The number of hydrogen-bond acceptors (Lipinski definition) is 9. The SMILES string of the molecule is C=CC(=O)N1CCC(Cn2c(=O)c(-c3ccccc3)cc3cnc(Nc4ccc(N5CCOCC5)nc4)nc32)C1.CO. The van der Waals surface area contributed by atoms with Crippen LogP contribution in [0.1, 0.15) is 6.42 Å². The van der Waals surface area contributed by atoms with Gasteiger partial charge in [0.15, 0.2) is 0 Å². The first-order valence-corrected chi connectivity index (χ1v) is 14.0. The molecular weight excluding hydrogens is 534 g/mol. The third-order valence-corrected chi connectivity index (χ3v) is 7.46. The number of benzene rings is 1. The Morgan fingerprint density at radius 1 is 1.10 bits per heavy atom. The van der Waals surface area contributed by atoms with Gasteiger partial charge in [-0.05, 0) is 42.2 Å². The van der Waals surface area contributed by atoms with Crippen LogP contribution in [-0.2, 0) is 16.1 Å². The molecule has 6 rings (SSSR count). The first kappa shape index (κ1) is 28.9. The molecule has 218 valence electrons. The van der Waals surface area contributed by atoms with Gasteiger partial charge in [-0.3, -0.25) is 14.2 Å². The zero-order valence-corrected chi connectivity index (χ0v) is 23.6.